The van der Waals surface area contributed by atoms with E-state index in [-0.39, 0.29) is 0 Å². The third-order valence-electron chi connectivity index (χ3n) is 4.33. The smallest absolute Gasteiger partial charge is 0.239 e. The molecule has 0 atom stereocenters. The van der Waals surface area contributed by atoms with Gasteiger partial charge in [0.2, 0.25) is 21.1 Å². The zero-order valence-corrected chi connectivity index (χ0v) is 18.1. The summed E-state index contributed by atoms with van der Waals surface area (Å²) in [4.78, 5) is 2.51. The Labute approximate surface area is 186 Å². The Bertz CT molecular complexity index is 1030. The maximum atomic E-state index is 8.49. The highest BCUT2D eigenvalue weighted by Gasteiger charge is 2.19. The van der Waals surface area contributed by atoms with Crippen LogP contribution >= 0.6 is 11.3 Å². The van der Waals surface area contributed by atoms with E-state index in [0.717, 1.165) is 5.75 Å². The van der Waals surface area contributed by atoms with Crippen molar-refractivity contribution < 1.29 is 33.6 Å². The summed E-state index contributed by atoms with van der Waals surface area (Å²) in [6.45, 7) is 0. The van der Waals surface area contributed by atoms with Crippen molar-refractivity contribution in [3.63, 3.8) is 0 Å². The van der Waals surface area contributed by atoms with Gasteiger partial charge in [0, 0.05) is 23.3 Å². The molecule has 158 valence electrons. The molecule has 0 unspecified atom stereocenters. The molecule has 0 spiro atoms. The summed E-state index contributed by atoms with van der Waals surface area (Å²) >= 11 is 1.81. The van der Waals surface area contributed by atoms with Crippen molar-refractivity contribution >= 4 is 11.3 Å². The minimum Gasteiger partial charge on any atom is -0.497 e. The van der Waals surface area contributed by atoms with E-state index in [1.807, 2.05) is 23.5 Å². The second-order valence-corrected chi connectivity index (χ2v) is 8.25. The maximum absolute atomic E-state index is 8.49. The Morgan fingerprint density at radius 3 is 1.45 bits per heavy atom. The van der Waals surface area contributed by atoms with E-state index in [1.165, 1.54) is 32.0 Å². The summed E-state index contributed by atoms with van der Waals surface area (Å²) in [5.74, 6) is 0.876. The molecule has 7 heteroatoms. The maximum Gasteiger partial charge on any atom is 0.239 e. The summed E-state index contributed by atoms with van der Waals surface area (Å²) in [6, 6.07) is 33.9. The lowest BCUT2D eigenvalue weighted by atomic mass is 10.0. The standard InChI is InChI=1S/C24H19OS.ClHO4/c1-25-22-14-12-20(13-15-22)24-17-21(18-8-4-2-5-9-18)16-23(26-24)19-10-6-3-7-11-19;2-1(3,4)5/h2-17H,1H3;(H,2,3,4,5)/q+1;/p-1. The van der Waals surface area contributed by atoms with E-state index in [9.17, 15) is 0 Å². The lowest BCUT2D eigenvalue weighted by Gasteiger charge is -2.17. The van der Waals surface area contributed by atoms with Gasteiger partial charge in [0.15, 0.2) is 0 Å². The first-order valence-electron chi connectivity index (χ1n) is 9.19. The van der Waals surface area contributed by atoms with Crippen LogP contribution in [0.3, 0.4) is 0 Å². The van der Waals surface area contributed by atoms with Crippen LogP contribution in [0.4, 0.5) is 0 Å². The van der Waals surface area contributed by atoms with Gasteiger partial charge >= 0.3 is 0 Å². The highest BCUT2D eigenvalue weighted by molar-refractivity contribution is 7.18. The van der Waals surface area contributed by atoms with Crippen molar-refractivity contribution in [1.82, 2.24) is 0 Å². The summed E-state index contributed by atoms with van der Waals surface area (Å²) in [5.41, 5.74) is 4.90. The second kappa shape index (κ2) is 10.5. The predicted molar refractivity (Wildman–Crippen MR) is 112 cm³/mol. The van der Waals surface area contributed by atoms with Gasteiger partial charge in [-0.1, -0.05) is 48.5 Å². The van der Waals surface area contributed by atoms with Gasteiger partial charge in [-0.05, 0) is 47.5 Å². The molecule has 0 aliphatic heterocycles. The fourth-order valence-electron chi connectivity index (χ4n) is 2.94. The van der Waals surface area contributed by atoms with Gasteiger partial charge < -0.3 is 4.74 Å². The lowest BCUT2D eigenvalue weighted by molar-refractivity contribution is -2.00. The highest BCUT2D eigenvalue weighted by Crippen LogP contribution is 2.37. The van der Waals surface area contributed by atoms with Crippen LogP contribution in [0.15, 0.2) is 97.1 Å². The Kier molecular flexibility index (Phi) is 7.70. The molecule has 5 nitrogen and oxygen atoms in total. The molecule has 0 saturated carbocycles. The van der Waals surface area contributed by atoms with E-state index in [4.69, 9.17) is 23.4 Å². The largest absolute Gasteiger partial charge is 0.497 e. The van der Waals surface area contributed by atoms with Gasteiger partial charge in [0.05, 0.1) is 7.11 Å². The van der Waals surface area contributed by atoms with Crippen molar-refractivity contribution in [1.29, 1.82) is 0 Å². The van der Waals surface area contributed by atoms with Gasteiger partial charge in [-0.15, -0.1) is 10.2 Å². The van der Waals surface area contributed by atoms with Crippen molar-refractivity contribution in [2.75, 3.05) is 7.11 Å². The average Bonchev–Trinajstić information content (AvgIpc) is 2.79. The number of hydrogen-bond acceptors (Lipinski definition) is 5. The van der Waals surface area contributed by atoms with Crippen molar-refractivity contribution in [3.8, 4) is 37.8 Å². The number of benzene rings is 3. The number of ether oxygens (including phenoxy) is 1. The normalized spacial score (nSPS) is 10.7. The molecule has 1 heterocycles. The summed E-state index contributed by atoms with van der Waals surface area (Å²) in [7, 11) is -3.25. The quantitative estimate of drug-likeness (QED) is 0.440. The lowest BCUT2D eigenvalue weighted by Crippen LogP contribution is -2.68. The monoisotopic (exact) mass is 454 g/mol. The molecule has 0 amide bonds. The molecule has 0 bridgehead atoms. The zero-order chi connectivity index (χ0) is 22.3. The van der Waals surface area contributed by atoms with Crippen LogP contribution in [0.1, 0.15) is 0 Å². The molecule has 3 aromatic carbocycles. The van der Waals surface area contributed by atoms with Gasteiger partial charge in [-0.2, -0.15) is 0 Å². The molecule has 0 saturated heterocycles. The number of rotatable bonds is 4. The van der Waals surface area contributed by atoms with E-state index in [1.54, 1.807) is 7.11 Å². The Morgan fingerprint density at radius 1 is 0.581 bits per heavy atom. The molecule has 0 aliphatic rings. The first kappa shape index (κ1) is 22.8. The van der Waals surface area contributed by atoms with E-state index < -0.39 is 10.2 Å². The summed E-state index contributed by atoms with van der Waals surface area (Å²) in [5, 5.41) is 0. The van der Waals surface area contributed by atoms with Gasteiger partial charge in [-0.3, -0.25) is 0 Å². The minimum atomic E-state index is -4.94. The molecule has 0 N–H and O–H groups in total. The molecule has 0 fully saturated rings. The minimum absolute atomic E-state index is 0.876. The fourth-order valence-corrected chi connectivity index (χ4v) is 4.06. The Balaban J connectivity index is 0.000000491. The Hall–Kier alpha value is -2.84. The van der Waals surface area contributed by atoms with E-state index in [2.05, 4.69) is 84.9 Å². The second-order valence-electron chi connectivity index (χ2n) is 6.41. The molecule has 4 aromatic rings. The number of methoxy groups -OCH3 is 1. The van der Waals surface area contributed by atoms with Crippen LogP contribution in [0.5, 0.6) is 5.75 Å². The third kappa shape index (κ3) is 7.11. The van der Waals surface area contributed by atoms with Crippen molar-refractivity contribution in [2.45, 2.75) is 0 Å². The fraction of sp³-hybridized carbons (Fsp3) is 0.0417. The molecule has 0 radical (unpaired) electrons. The van der Waals surface area contributed by atoms with Crippen LogP contribution in [0, 0.1) is 10.2 Å². The molecular formula is C24H19ClO5S. The highest BCUT2D eigenvalue weighted by atomic mass is 35.7. The molecule has 4 rings (SSSR count). The Morgan fingerprint density at radius 2 is 1.00 bits per heavy atom. The average molecular weight is 455 g/mol. The van der Waals surface area contributed by atoms with E-state index in [0.29, 0.717) is 0 Å². The zero-order valence-electron chi connectivity index (χ0n) is 16.6. The first-order chi connectivity index (χ1) is 14.8. The number of hydrogen-bond donors (Lipinski definition) is 0. The summed E-state index contributed by atoms with van der Waals surface area (Å²) < 4.78 is 39.3. The SMILES string of the molecule is COc1ccc(-c2cc(-c3ccccc3)cc(-c3ccccc3)[s+]2)cc1.[O-][Cl+3]([O-])([O-])[O-]. The van der Waals surface area contributed by atoms with Gasteiger partial charge in [0.25, 0.3) is 0 Å². The van der Waals surface area contributed by atoms with Crippen LogP contribution in [0.2, 0.25) is 0 Å². The van der Waals surface area contributed by atoms with Crippen molar-refractivity contribution in [3.05, 3.63) is 97.1 Å². The van der Waals surface area contributed by atoms with Gasteiger partial charge in [0.1, 0.15) is 5.75 Å². The molecule has 1 aromatic heterocycles. The van der Waals surface area contributed by atoms with Crippen molar-refractivity contribution in [2.24, 2.45) is 0 Å². The van der Waals surface area contributed by atoms with Crippen LogP contribution < -0.4 is 23.4 Å². The third-order valence-corrected chi connectivity index (χ3v) is 5.48. The topological polar surface area (TPSA) is 101 Å². The molecule has 0 aliphatic carbocycles. The van der Waals surface area contributed by atoms with Crippen LogP contribution in [-0.2, 0) is 0 Å². The predicted octanol–water partition coefficient (Wildman–Crippen LogP) is 2.28. The first-order valence-corrected chi connectivity index (χ1v) is 11.2. The van der Waals surface area contributed by atoms with Gasteiger partial charge in [-0.25, -0.2) is 18.6 Å². The molecule has 31 heavy (non-hydrogen) atoms. The van der Waals surface area contributed by atoms with Crippen LogP contribution in [-0.4, -0.2) is 7.11 Å². The number of halogens is 1. The van der Waals surface area contributed by atoms with E-state index >= 15 is 0 Å². The summed E-state index contributed by atoms with van der Waals surface area (Å²) in [6.07, 6.45) is 0. The van der Waals surface area contributed by atoms with Crippen LogP contribution in [0.25, 0.3) is 32.0 Å². The molecular weight excluding hydrogens is 436 g/mol.